The second kappa shape index (κ2) is 7.93. The number of pyridine rings is 1. The number of rotatable bonds is 6. The van der Waals surface area contributed by atoms with E-state index >= 15 is 0 Å². The van der Waals surface area contributed by atoms with E-state index < -0.39 is 18.1 Å². The Morgan fingerprint density at radius 1 is 1.57 bits per heavy atom. The van der Waals surface area contributed by atoms with Crippen molar-refractivity contribution in [3.8, 4) is 0 Å². The van der Waals surface area contributed by atoms with Gasteiger partial charge in [-0.15, -0.1) is 0 Å². The first-order chi connectivity index (χ1) is 11.0. The van der Waals surface area contributed by atoms with E-state index in [9.17, 15) is 18.0 Å². The summed E-state index contributed by atoms with van der Waals surface area (Å²) >= 11 is 0. The van der Waals surface area contributed by atoms with E-state index in [1.165, 1.54) is 23.8 Å². The van der Waals surface area contributed by atoms with Crippen molar-refractivity contribution >= 4 is 17.8 Å². The van der Waals surface area contributed by atoms with Crippen LogP contribution in [0.3, 0.4) is 0 Å². The predicted molar refractivity (Wildman–Crippen MR) is 77.6 cm³/mol. The Labute approximate surface area is 131 Å². The van der Waals surface area contributed by atoms with E-state index in [0.29, 0.717) is 25.1 Å². The van der Waals surface area contributed by atoms with Crippen LogP contribution in [0.2, 0.25) is 0 Å². The third-order valence-electron chi connectivity index (χ3n) is 3.41. The fourth-order valence-electron chi connectivity index (χ4n) is 2.36. The third-order valence-corrected chi connectivity index (χ3v) is 3.41. The van der Waals surface area contributed by atoms with Gasteiger partial charge in [0.05, 0.1) is 6.54 Å². The normalized spacial score (nSPS) is 18.7. The summed E-state index contributed by atoms with van der Waals surface area (Å²) in [5.41, 5.74) is 1.77. The topological polar surface area (TPSA) is 77.5 Å². The van der Waals surface area contributed by atoms with Crippen LogP contribution in [0.15, 0.2) is 18.3 Å². The lowest BCUT2D eigenvalue weighted by atomic mass is 10.2. The van der Waals surface area contributed by atoms with Crippen molar-refractivity contribution in [2.24, 2.45) is 0 Å². The van der Waals surface area contributed by atoms with Crippen LogP contribution in [0.5, 0.6) is 0 Å². The number of amides is 1. The number of aromatic nitrogens is 1. The molecule has 1 saturated heterocycles. The summed E-state index contributed by atoms with van der Waals surface area (Å²) in [7, 11) is 0. The number of likely N-dealkylation sites (tertiary alicyclic amines) is 1. The molecule has 1 aliphatic heterocycles. The highest BCUT2D eigenvalue weighted by Gasteiger charge is 2.25. The molecule has 1 aliphatic rings. The standard InChI is InChI=1S/C14H17F3N4O2/c15-11-5-9(1-2-13(22)20-23)6-18-14(11)19-10-3-4-21(7-10)8-12(16)17/h1-2,5-6,10,12,23H,3-4,7-8H2,(H,18,19)(H,20,22)/b2-1+/t10-/m1/s1. The maximum Gasteiger partial charge on any atom is 0.267 e. The number of halogens is 3. The minimum absolute atomic E-state index is 0.0395. The van der Waals surface area contributed by atoms with Crippen LogP contribution in [0.25, 0.3) is 6.08 Å². The second-order valence-electron chi connectivity index (χ2n) is 5.19. The van der Waals surface area contributed by atoms with Gasteiger partial charge < -0.3 is 5.32 Å². The lowest BCUT2D eigenvalue weighted by molar-refractivity contribution is -0.124. The summed E-state index contributed by atoms with van der Waals surface area (Å²) in [5, 5.41) is 11.2. The van der Waals surface area contributed by atoms with Crippen LogP contribution >= 0.6 is 0 Å². The number of nitrogens with one attached hydrogen (secondary N) is 2. The van der Waals surface area contributed by atoms with Gasteiger partial charge in [0.25, 0.3) is 12.3 Å². The van der Waals surface area contributed by atoms with E-state index in [0.717, 1.165) is 6.08 Å². The minimum atomic E-state index is -2.38. The lowest BCUT2D eigenvalue weighted by Gasteiger charge is -2.16. The Hall–Kier alpha value is -2.13. The Kier molecular flexibility index (Phi) is 5.94. The zero-order chi connectivity index (χ0) is 16.8. The minimum Gasteiger partial charge on any atom is -0.364 e. The molecule has 0 aromatic carbocycles. The van der Waals surface area contributed by atoms with E-state index in [-0.39, 0.29) is 18.4 Å². The van der Waals surface area contributed by atoms with Gasteiger partial charge in [0.15, 0.2) is 11.6 Å². The number of anilines is 1. The van der Waals surface area contributed by atoms with Gasteiger partial charge in [0.1, 0.15) is 0 Å². The SMILES string of the molecule is O=C(/C=C/c1cnc(N[C@@H]2CCN(CC(F)F)C2)c(F)c1)NO. The van der Waals surface area contributed by atoms with E-state index in [2.05, 4.69) is 10.3 Å². The Morgan fingerprint density at radius 3 is 3.00 bits per heavy atom. The second-order valence-corrected chi connectivity index (χ2v) is 5.19. The molecule has 0 spiro atoms. The van der Waals surface area contributed by atoms with E-state index in [4.69, 9.17) is 5.21 Å². The first-order valence-corrected chi connectivity index (χ1v) is 7.02. The highest BCUT2D eigenvalue weighted by atomic mass is 19.3. The maximum atomic E-state index is 14.0. The van der Waals surface area contributed by atoms with Crippen LogP contribution < -0.4 is 10.8 Å². The molecule has 6 nitrogen and oxygen atoms in total. The van der Waals surface area contributed by atoms with Crippen LogP contribution in [-0.4, -0.2) is 53.1 Å². The molecule has 3 N–H and O–H groups in total. The molecule has 1 fully saturated rings. The van der Waals surface area contributed by atoms with E-state index in [1.807, 2.05) is 0 Å². The van der Waals surface area contributed by atoms with Gasteiger partial charge in [-0.2, -0.15) is 0 Å². The van der Waals surface area contributed by atoms with Crippen LogP contribution in [0, 0.1) is 5.82 Å². The van der Waals surface area contributed by atoms with Gasteiger partial charge in [-0.25, -0.2) is 23.6 Å². The van der Waals surface area contributed by atoms with Gasteiger partial charge in [-0.3, -0.25) is 14.9 Å². The number of hydroxylamine groups is 1. The van der Waals surface area contributed by atoms with Crippen molar-refractivity contribution in [1.29, 1.82) is 0 Å². The van der Waals surface area contributed by atoms with E-state index in [1.54, 1.807) is 4.90 Å². The van der Waals surface area contributed by atoms with Crippen molar-refractivity contribution in [2.45, 2.75) is 18.9 Å². The summed E-state index contributed by atoms with van der Waals surface area (Å²) in [4.78, 5) is 16.4. The van der Waals surface area contributed by atoms with Crippen LogP contribution in [0.4, 0.5) is 19.0 Å². The van der Waals surface area contributed by atoms with Crippen molar-refractivity contribution in [3.63, 3.8) is 0 Å². The number of alkyl halides is 2. The zero-order valence-electron chi connectivity index (χ0n) is 12.2. The summed E-state index contributed by atoms with van der Waals surface area (Å²) in [6, 6.07) is 1.04. The first-order valence-electron chi connectivity index (χ1n) is 7.02. The van der Waals surface area contributed by atoms with Crippen molar-refractivity contribution < 1.29 is 23.2 Å². The van der Waals surface area contributed by atoms with Crippen molar-refractivity contribution in [2.75, 3.05) is 25.0 Å². The van der Waals surface area contributed by atoms with Crippen LogP contribution in [0.1, 0.15) is 12.0 Å². The van der Waals surface area contributed by atoms with Crippen LogP contribution in [-0.2, 0) is 4.79 Å². The number of carbonyl (C=O) groups is 1. The highest BCUT2D eigenvalue weighted by Crippen LogP contribution is 2.18. The Bertz CT molecular complexity index is 583. The van der Waals surface area contributed by atoms with Crippen molar-refractivity contribution in [1.82, 2.24) is 15.4 Å². The van der Waals surface area contributed by atoms with Gasteiger partial charge in [0.2, 0.25) is 0 Å². The summed E-state index contributed by atoms with van der Waals surface area (Å²) in [6.45, 7) is 0.648. The molecule has 0 bridgehead atoms. The van der Waals surface area contributed by atoms with Crippen molar-refractivity contribution in [3.05, 3.63) is 29.7 Å². The molecule has 23 heavy (non-hydrogen) atoms. The fourth-order valence-corrected chi connectivity index (χ4v) is 2.36. The average Bonchev–Trinajstić information content (AvgIpc) is 2.93. The molecule has 1 atom stereocenters. The van der Waals surface area contributed by atoms with Gasteiger partial charge in [-0.05, 0) is 24.1 Å². The highest BCUT2D eigenvalue weighted by molar-refractivity contribution is 5.90. The molecule has 0 radical (unpaired) electrons. The predicted octanol–water partition coefficient (Wildman–Crippen LogP) is 1.49. The Balaban J connectivity index is 1.94. The molecule has 0 saturated carbocycles. The molecule has 1 aromatic rings. The average molecular weight is 330 g/mol. The quantitative estimate of drug-likeness (QED) is 0.418. The summed E-state index contributed by atoms with van der Waals surface area (Å²) in [5.74, 6) is -1.31. The molecular formula is C14H17F3N4O2. The first kappa shape index (κ1) is 17.2. The molecule has 2 heterocycles. The maximum absolute atomic E-state index is 14.0. The molecule has 1 amide bonds. The fraction of sp³-hybridized carbons (Fsp3) is 0.429. The van der Waals surface area contributed by atoms with Gasteiger partial charge in [0, 0.05) is 31.4 Å². The van der Waals surface area contributed by atoms with Gasteiger partial charge >= 0.3 is 0 Å². The number of hydrogen-bond acceptors (Lipinski definition) is 5. The number of nitrogens with zero attached hydrogens (tertiary/aromatic N) is 2. The molecule has 9 heteroatoms. The molecule has 2 rings (SSSR count). The molecule has 0 unspecified atom stereocenters. The molecule has 126 valence electrons. The number of hydrogen-bond donors (Lipinski definition) is 3. The lowest BCUT2D eigenvalue weighted by Crippen LogP contribution is -2.30. The monoisotopic (exact) mass is 330 g/mol. The largest absolute Gasteiger partial charge is 0.364 e. The summed E-state index contributed by atoms with van der Waals surface area (Å²) in [6.07, 6.45) is 1.93. The summed E-state index contributed by atoms with van der Waals surface area (Å²) < 4.78 is 38.6. The smallest absolute Gasteiger partial charge is 0.267 e. The zero-order valence-corrected chi connectivity index (χ0v) is 12.2. The molecule has 0 aliphatic carbocycles. The molecular weight excluding hydrogens is 313 g/mol. The van der Waals surface area contributed by atoms with Gasteiger partial charge in [-0.1, -0.05) is 0 Å². The number of carbonyl (C=O) groups excluding carboxylic acids is 1. The Morgan fingerprint density at radius 2 is 2.35 bits per heavy atom. The third kappa shape index (κ3) is 5.22. The molecule has 1 aromatic heterocycles.